The number of hydrogen-bond acceptors (Lipinski definition) is 1. The lowest BCUT2D eigenvalue weighted by molar-refractivity contribution is -0.146. The molecule has 2 atom stereocenters. The fourth-order valence-electron chi connectivity index (χ4n) is 5.78. The fraction of sp³-hybridized carbons (Fsp3) is 0.947. The highest BCUT2D eigenvalue weighted by Crippen LogP contribution is 2.60. The maximum Gasteiger partial charge on any atom is 0.223 e. The Labute approximate surface area is 131 Å². The number of carbonyl (C=O) groups excluding carboxylic acids is 1. The van der Waals surface area contributed by atoms with Gasteiger partial charge >= 0.3 is 0 Å². The van der Waals surface area contributed by atoms with Crippen molar-refractivity contribution in [3.05, 3.63) is 0 Å². The molecule has 0 bridgehead atoms. The van der Waals surface area contributed by atoms with Crippen molar-refractivity contribution in [2.45, 2.75) is 91.4 Å². The molecule has 2 aliphatic rings. The third kappa shape index (κ3) is 2.87. The summed E-state index contributed by atoms with van der Waals surface area (Å²) in [6, 6.07) is 0. The Balaban J connectivity index is 2.46. The van der Waals surface area contributed by atoms with E-state index >= 15 is 0 Å². The van der Waals surface area contributed by atoms with Crippen LogP contribution in [0.2, 0.25) is 0 Å². The van der Waals surface area contributed by atoms with Gasteiger partial charge in [-0.3, -0.25) is 4.79 Å². The van der Waals surface area contributed by atoms with E-state index in [4.69, 9.17) is 5.73 Å². The number of nitrogens with two attached hydrogens (primary N) is 1. The Morgan fingerprint density at radius 1 is 0.952 bits per heavy atom. The summed E-state index contributed by atoms with van der Waals surface area (Å²) in [6.07, 6.45) is 14.0. The molecule has 1 amide bonds. The summed E-state index contributed by atoms with van der Waals surface area (Å²) in [4.78, 5) is 12.5. The van der Waals surface area contributed by atoms with Gasteiger partial charge in [-0.05, 0) is 42.9 Å². The average molecular weight is 293 g/mol. The van der Waals surface area contributed by atoms with Crippen molar-refractivity contribution in [3.8, 4) is 0 Å². The molecular weight excluding hydrogens is 258 g/mol. The molecule has 0 saturated heterocycles. The van der Waals surface area contributed by atoms with Crippen LogP contribution in [0.5, 0.6) is 0 Å². The van der Waals surface area contributed by atoms with Crippen molar-refractivity contribution >= 4 is 5.91 Å². The molecular formula is C19H35NO. The van der Waals surface area contributed by atoms with Gasteiger partial charge in [0.15, 0.2) is 0 Å². The van der Waals surface area contributed by atoms with E-state index in [-0.39, 0.29) is 16.7 Å². The maximum absolute atomic E-state index is 12.5. The van der Waals surface area contributed by atoms with Gasteiger partial charge in [-0.2, -0.15) is 0 Å². The number of rotatable bonds is 3. The summed E-state index contributed by atoms with van der Waals surface area (Å²) in [5, 5.41) is 0. The molecule has 2 rings (SSSR count). The van der Waals surface area contributed by atoms with Gasteiger partial charge in [-0.25, -0.2) is 0 Å². The van der Waals surface area contributed by atoms with Crippen molar-refractivity contribution in [1.82, 2.24) is 0 Å². The van der Waals surface area contributed by atoms with Crippen LogP contribution < -0.4 is 5.73 Å². The first-order valence-corrected chi connectivity index (χ1v) is 9.25. The van der Waals surface area contributed by atoms with Crippen LogP contribution >= 0.6 is 0 Å². The zero-order valence-electron chi connectivity index (χ0n) is 14.4. The number of primary amides is 1. The van der Waals surface area contributed by atoms with E-state index in [0.29, 0.717) is 11.8 Å². The van der Waals surface area contributed by atoms with E-state index < -0.39 is 0 Å². The SMILES string of the molecule is CC(C)C1(C2CCCCCC2)CCCCCC1(C)C(N)=O. The molecule has 2 nitrogen and oxygen atoms in total. The molecule has 2 aliphatic carbocycles. The molecule has 122 valence electrons. The number of carbonyl (C=O) groups is 1. The molecule has 0 aromatic heterocycles. The van der Waals surface area contributed by atoms with Crippen LogP contribution in [0.1, 0.15) is 91.4 Å². The van der Waals surface area contributed by atoms with Crippen LogP contribution in [0, 0.1) is 22.7 Å². The summed E-state index contributed by atoms with van der Waals surface area (Å²) >= 11 is 0. The van der Waals surface area contributed by atoms with E-state index in [9.17, 15) is 4.79 Å². The summed E-state index contributed by atoms with van der Waals surface area (Å²) in [6.45, 7) is 6.89. The van der Waals surface area contributed by atoms with Gasteiger partial charge in [0.2, 0.25) is 5.91 Å². The van der Waals surface area contributed by atoms with E-state index in [2.05, 4.69) is 20.8 Å². The fourth-order valence-corrected chi connectivity index (χ4v) is 5.78. The number of amides is 1. The first kappa shape index (κ1) is 16.8. The molecule has 0 heterocycles. The van der Waals surface area contributed by atoms with Gasteiger partial charge in [0.25, 0.3) is 0 Å². The Morgan fingerprint density at radius 3 is 2.00 bits per heavy atom. The van der Waals surface area contributed by atoms with E-state index in [0.717, 1.165) is 6.42 Å². The lowest BCUT2D eigenvalue weighted by Crippen LogP contribution is -2.55. The molecule has 0 aromatic rings. The highest BCUT2D eigenvalue weighted by molar-refractivity contribution is 5.81. The molecule has 0 aliphatic heterocycles. The summed E-state index contributed by atoms with van der Waals surface area (Å²) in [7, 11) is 0. The molecule has 0 spiro atoms. The average Bonchev–Trinajstić information content (AvgIpc) is 2.78. The minimum Gasteiger partial charge on any atom is -0.369 e. The minimum atomic E-state index is -0.313. The lowest BCUT2D eigenvalue weighted by Gasteiger charge is -2.54. The van der Waals surface area contributed by atoms with Crippen molar-refractivity contribution in [1.29, 1.82) is 0 Å². The highest BCUT2D eigenvalue weighted by Gasteiger charge is 2.57. The standard InChI is InChI=1S/C19H35NO/c1-15(2)19(16-11-7-4-5-8-12-16)14-10-6-9-13-18(19,3)17(20)21/h15-16H,4-14H2,1-3H3,(H2,20,21). The second-order valence-electron chi connectivity index (χ2n) is 8.14. The van der Waals surface area contributed by atoms with E-state index in [1.54, 1.807) is 0 Å². The lowest BCUT2D eigenvalue weighted by atomic mass is 9.49. The van der Waals surface area contributed by atoms with Gasteiger partial charge in [0, 0.05) is 0 Å². The highest BCUT2D eigenvalue weighted by atomic mass is 16.1. The zero-order chi connectivity index (χ0) is 15.5. The molecule has 2 unspecified atom stereocenters. The van der Waals surface area contributed by atoms with Crippen LogP contribution in [-0.4, -0.2) is 5.91 Å². The molecule has 21 heavy (non-hydrogen) atoms. The van der Waals surface area contributed by atoms with Crippen molar-refractivity contribution in [2.75, 3.05) is 0 Å². The second-order valence-corrected chi connectivity index (χ2v) is 8.14. The minimum absolute atomic E-state index is 0.0395. The van der Waals surface area contributed by atoms with Crippen LogP contribution in [0.4, 0.5) is 0 Å². The first-order chi connectivity index (χ1) is 9.95. The zero-order valence-corrected chi connectivity index (χ0v) is 14.4. The first-order valence-electron chi connectivity index (χ1n) is 9.25. The molecule has 2 N–H and O–H groups in total. The van der Waals surface area contributed by atoms with Crippen LogP contribution in [0.15, 0.2) is 0 Å². The van der Waals surface area contributed by atoms with Gasteiger partial charge in [0.1, 0.15) is 0 Å². The Morgan fingerprint density at radius 2 is 1.48 bits per heavy atom. The quantitative estimate of drug-likeness (QED) is 0.726. The monoisotopic (exact) mass is 293 g/mol. The van der Waals surface area contributed by atoms with Crippen molar-refractivity contribution in [3.63, 3.8) is 0 Å². The van der Waals surface area contributed by atoms with Crippen molar-refractivity contribution < 1.29 is 4.79 Å². The smallest absolute Gasteiger partial charge is 0.223 e. The van der Waals surface area contributed by atoms with Gasteiger partial charge < -0.3 is 5.73 Å². The van der Waals surface area contributed by atoms with E-state index in [1.807, 2.05) is 0 Å². The van der Waals surface area contributed by atoms with E-state index in [1.165, 1.54) is 64.2 Å². The molecule has 0 aromatic carbocycles. The predicted molar refractivity (Wildman–Crippen MR) is 88.8 cm³/mol. The molecule has 0 radical (unpaired) electrons. The van der Waals surface area contributed by atoms with Crippen LogP contribution in [-0.2, 0) is 4.79 Å². The Hall–Kier alpha value is -0.530. The van der Waals surface area contributed by atoms with Crippen LogP contribution in [0.3, 0.4) is 0 Å². The largest absolute Gasteiger partial charge is 0.369 e. The number of hydrogen-bond donors (Lipinski definition) is 1. The van der Waals surface area contributed by atoms with Gasteiger partial charge in [-0.15, -0.1) is 0 Å². The molecule has 2 heteroatoms. The normalized spacial score (nSPS) is 36.2. The Kier molecular flexibility index (Phi) is 5.38. The van der Waals surface area contributed by atoms with Gasteiger partial charge in [-0.1, -0.05) is 65.7 Å². The van der Waals surface area contributed by atoms with Crippen LogP contribution in [0.25, 0.3) is 0 Å². The van der Waals surface area contributed by atoms with Crippen molar-refractivity contribution in [2.24, 2.45) is 28.4 Å². The third-order valence-electron chi connectivity index (χ3n) is 6.95. The summed E-state index contributed by atoms with van der Waals surface area (Å²) in [5.74, 6) is 1.19. The summed E-state index contributed by atoms with van der Waals surface area (Å²) < 4.78 is 0. The molecule has 2 saturated carbocycles. The Bertz CT molecular complexity index is 357. The summed E-state index contributed by atoms with van der Waals surface area (Å²) in [5.41, 5.74) is 5.80. The maximum atomic E-state index is 12.5. The topological polar surface area (TPSA) is 43.1 Å². The third-order valence-corrected chi connectivity index (χ3v) is 6.95. The molecule has 2 fully saturated rings. The van der Waals surface area contributed by atoms with Gasteiger partial charge in [0.05, 0.1) is 5.41 Å². The predicted octanol–water partition coefficient (Wildman–Crippen LogP) is 5.05. The second kappa shape index (κ2) is 6.71.